The maximum atomic E-state index is 12.0. The third kappa shape index (κ3) is 28.9. The highest BCUT2D eigenvalue weighted by Crippen LogP contribution is 2.36. The summed E-state index contributed by atoms with van der Waals surface area (Å²) in [6.45, 7) is 23.4. The van der Waals surface area contributed by atoms with Crippen molar-refractivity contribution in [3.63, 3.8) is 0 Å². The molecule has 3 aromatic rings. The second-order valence-electron chi connectivity index (χ2n) is 25.7. The number of aliphatic hydroxyl groups excluding tert-OH is 3. The summed E-state index contributed by atoms with van der Waals surface area (Å²) >= 11 is 6.50. The van der Waals surface area contributed by atoms with Crippen LogP contribution < -0.4 is 20.6 Å². The highest BCUT2D eigenvalue weighted by atomic mass is 79.9. The number of pyridine rings is 3. The van der Waals surface area contributed by atoms with Gasteiger partial charge in [0.1, 0.15) is 11.6 Å². The molecule has 96 heavy (non-hydrogen) atoms. The van der Waals surface area contributed by atoms with Gasteiger partial charge in [-0.2, -0.15) is 4.39 Å². The number of anilines is 2. The molecule has 0 unspecified atom stereocenters. The fraction of sp³-hybridized carbons (Fsp3) is 0.615. The number of β-amino-alcohol motifs (C(OH)–C–C–N with tert-alkyl or cyclic N) is 3. The van der Waals surface area contributed by atoms with Gasteiger partial charge in [-0.15, -0.1) is 0 Å². The Morgan fingerprint density at radius 2 is 0.771 bits per heavy atom. The molecule has 7 rings (SSSR count). The second-order valence-corrected chi connectivity index (χ2v) is 27.5. The molecule has 0 aromatic carbocycles. The minimum Gasteiger partial charge on any atom is -0.399 e. The predicted octanol–water partition coefficient (Wildman–Crippen LogP) is -12.5. The minimum absolute atomic E-state index is 0.223. The lowest BCUT2D eigenvalue weighted by Crippen LogP contribution is -2.92. The zero-order valence-corrected chi connectivity index (χ0v) is 59.6. The van der Waals surface area contributed by atoms with Crippen LogP contribution in [0.4, 0.5) is 16.0 Å². The van der Waals surface area contributed by atoms with Crippen LogP contribution in [0.15, 0.2) is 63.9 Å². The molecule has 4 aliphatic heterocycles. The number of aromatic nitrogens is 3. The fourth-order valence-electron chi connectivity index (χ4n) is 12.7. The summed E-state index contributed by atoms with van der Waals surface area (Å²) in [6, 6.07) is 11.0. The molecule has 4 fully saturated rings. The van der Waals surface area contributed by atoms with Crippen molar-refractivity contribution in [3.05, 3.63) is 69.9 Å². The van der Waals surface area contributed by atoms with E-state index in [-0.39, 0.29) is 31.5 Å². The largest absolute Gasteiger partial charge is 0.496 e. The van der Waals surface area contributed by atoms with Crippen LogP contribution in [0.2, 0.25) is 0 Å². The van der Waals surface area contributed by atoms with Crippen LogP contribution >= 0.6 is 31.9 Å². The molecular formula is C39H61B40Br2FN9O5. The van der Waals surface area contributed by atoms with Gasteiger partial charge < -0.3 is 39.7 Å². The Morgan fingerprint density at radius 3 is 1.04 bits per heavy atom. The number of aliphatic hydroxyl groups is 3. The first-order valence-corrected chi connectivity index (χ1v) is 34.0. The Hall–Kier alpha value is 0.177. The number of rotatable bonds is 27. The lowest BCUT2D eigenvalue weighted by atomic mass is 8.28. The predicted molar refractivity (Wildman–Crippen MR) is 456 cm³/mol. The molecule has 433 valence electrons. The molecule has 4 N–H and O–H groups in total. The van der Waals surface area contributed by atoms with E-state index in [2.05, 4.69) is 104 Å². The van der Waals surface area contributed by atoms with Crippen LogP contribution in [-0.2, 0) is 9.31 Å². The monoisotopic (exact) mass is 1350 g/mol. The molecule has 0 atom stereocenters. The lowest BCUT2D eigenvalue weighted by molar-refractivity contribution is 0.00578. The maximum Gasteiger partial charge on any atom is 0.496 e. The van der Waals surface area contributed by atoms with E-state index in [0.717, 1.165) is 124 Å². The van der Waals surface area contributed by atoms with E-state index in [9.17, 15) is 4.39 Å². The highest BCUT2D eigenvalue weighted by Gasteiger charge is 2.57. The van der Waals surface area contributed by atoms with Gasteiger partial charge in [0.25, 0.3) is 0 Å². The van der Waals surface area contributed by atoms with Gasteiger partial charge in [-0.1, -0.05) is 6.07 Å². The van der Waals surface area contributed by atoms with Crippen molar-refractivity contribution in [2.24, 2.45) is 0 Å². The quantitative estimate of drug-likeness (QED) is 0.0424. The molecule has 57 heteroatoms. The molecule has 0 amide bonds. The molecule has 0 spiro atoms. The number of piperazine rings is 3. The lowest BCUT2D eigenvalue weighted by Gasteiger charge is -2.54. The Morgan fingerprint density at radius 1 is 0.458 bits per heavy atom. The molecule has 14 nitrogen and oxygen atoms in total. The van der Waals surface area contributed by atoms with E-state index in [1.165, 1.54) is 19.3 Å². The normalized spacial score (nSPS) is 15.6. The van der Waals surface area contributed by atoms with Crippen molar-refractivity contribution in [3.8, 4) is 0 Å². The zero-order valence-electron chi connectivity index (χ0n) is 56.4. The fourth-order valence-corrected chi connectivity index (χ4v) is 13.1. The van der Waals surface area contributed by atoms with Crippen molar-refractivity contribution in [1.82, 2.24) is 35.0 Å². The van der Waals surface area contributed by atoms with Gasteiger partial charge in [0.2, 0.25) is 5.95 Å². The summed E-state index contributed by atoms with van der Waals surface area (Å²) in [5.41, 5.74) is 0.287. The van der Waals surface area contributed by atoms with Crippen LogP contribution in [0, 0.1) is 5.95 Å². The Balaban J connectivity index is 0.000000351. The minimum atomic E-state index is -1.19. The number of hydrogen-bond donors (Lipinski definition) is 4. The molecule has 7 heterocycles. The van der Waals surface area contributed by atoms with Gasteiger partial charge in [0, 0.05) is 408 Å². The molecule has 0 bridgehead atoms. The van der Waals surface area contributed by atoms with Crippen LogP contribution in [0.3, 0.4) is 0 Å². The van der Waals surface area contributed by atoms with Crippen LogP contribution in [0.25, 0.3) is 0 Å². The van der Waals surface area contributed by atoms with Crippen molar-refractivity contribution in [1.29, 1.82) is 0 Å². The molecule has 0 aliphatic carbocycles. The van der Waals surface area contributed by atoms with E-state index in [1.807, 2.05) is 36.7 Å². The smallest absolute Gasteiger partial charge is 0.399 e. The van der Waals surface area contributed by atoms with Crippen LogP contribution in [0.1, 0.15) is 27.7 Å². The summed E-state index contributed by atoms with van der Waals surface area (Å²) in [4.78, 5) is 23.7. The summed E-state index contributed by atoms with van der Waals surface area (Å²) < 4.78 is 25.9. The zero-order chi connectivity index (χ0) is 72.4. The Kier molecular flexibility index (Phi) is 42.9. The second kappa shape index (κ2) is 45.5. The van der Waals surface area contributed by atoms with Gasteiger partial charge >= 0.3 is 7.12 Å². The molecule has 4 saturated heterocycles. The number of nitrogens with zero attached hydrogens (tertiary/aromatic N) is 8. The highest BCUT2D eigenvalue weighted by molar-refractivity contribution is 9.10. The van der Waals surface area contributed by atoms with E-state index < -0.39 is 121 Å². The van der Waals surface area contributed by atoms with Crippen molar-refractivity contribution in [2.45, 2.75) is 38.9 Å². The number of hydrogen-bond acceptors (Lipinski definition) is 14. The van der Waals surface area contributed by atoms with Crippen molar-refractivity contribution >= 4 is 333 Å². The molecular weight excluding hydrogens is 1290 g/mol. The van der Waals surface area contributed by atoms with Gasteiger partial charge in [-0.25, -0.2) is 15.0 Å². The Bertz CT molecular complexity index is 2410. The summed E-state index contributed by atoms with van der Waals surface area (Å²) in [5, 5.41) is 29.7. The van der Waals surface area contributed by atoms with Gasteiger partial charge in [0.05, 0.1) is 31.0 Å². The van der Waals surface area contributed by atoms with E-state index >= 15 is 0 Å². The third-order valence-corrected chi connectivity index (χ3v) is 19.3. The van der Waals surface area contributed by atoms with Gasteiger partial charge in [-0.05, 0) is 89.9 Å². The summed E-state index contributed by atoms with van der Waals surface area (Å²) in [5.74, 6) is 1.57. The molecule has 4 aliphatic rings. The first-order valence-electron chi connectivity index (χ1n) is 32.4. The Labute approximate surface area is 628 Å². The molecule has 41 radical (unpaired) electrons. The topological polar surface area (TPSA) is 146 Å². The SMILES string of the molecule is CC1(C)OB(c2ccc(N3CCN(CCO)CC3)nc2)OC1(C)C.Fc1ccc(Br)cn1.OCCN1CCN(c2ccc(Br)cn2)CC1.OCCN1CCNCC1.[B][B]B([B])B(B([B])[B])B(B(B(B([B])[B])B([B])[B])B(B([B])[B])B([B])[B])B(B(B([B])[B])B([B])[B])B(B([B])[B])B([B])[B]. The summed E-state index contributed by atoms with van der Waals surface area (Å²) in [6.07, 6.45) is -14.6. The summed E-state index contributed by atoms with van der Waals surface area (Å²) in [7, 11) is 125. The average molecular weight is 1350 g/mol. The van der Waals surface area contributed by atoms with Crippen molar-refractivity contribution < 1.29 is 29.0 Å². The third-order valence-electron chi connectivity index (χ3n) is 18.3. The number of nitrogens with one attached hydrogen (secondary N) is 1. The van der Waals surface area contributed by atoms with E-state index in [1.54, 1.807) is 6.07 Å². The van der Waals surface area contributed by atoms with Gasteiger partial charge in [-0.3, -0.25) is 14.7 Å². The van der Waals surface area contributed by atoms with E-state index in [4.69, 9.17) is 179 Å². The molecule has 0 saturated carbocycles. The number of halogens is 3. The first-order chi connectivity index (χ1) is 45.1. The van der Waals surface area contributed by atoms with Crippen molar-refractivity contribution in [2.75, 3.05) is 128 Å². The maximum absolute atomic E-state index is 12.0. The molecule has 3 aromatic heterocycles. The van der Waals surface area contributed by atoms with Crippen LogP contribution in [0.5, 0.6) is 0 Å². The first kappa shape index (κ1) is 90.4. The van der Waals surface area contributed by atoms with Crippen LogP contribution in [-0.4, -0.2) is 458 Å². The average Bonchev–Trinajstić information content (AvgIpc) is 0.942. The standard InChI is InChI=1S/C17H28BN3O3.C11H16BrN3O.C6H14N2O.C5H3BrFN.B39/c1-16(2)17(3,4)24-18(23-16)14-5-6-15(19-13-14)21-9-7-20(8-10-21)11-12-22;12-10-1-2-11(13-9-10)15-5-3-14(4-6-15)7-8-16;9-6-5-8-3-1-7-2-4-8;6-4-1-2-5(7)8-3-4;1-21-31(20)36(30(18)19)39(37(32(22(2)3)23(4)5)33(24(6)7)25(8)9)38(34(26(10)11)27(12)13)35(28(14)15)29(16)17/h5-6,13,22H,7-12H2,1-4H3;1-2,9,16H,3-8H2;7,9H,1-6H2;1-3H;. The van der Waals surface area contributed by atoms with Gasteiger partial charge in [0.15, 0.2) is 0 Å². The van der Waals surface area contributed by atoms with E-state index in [0.29, 0.717) is 6.61 Å².